The second-order valence-electron chi connectivity index (χ2n) is 3.91. The Morgan fingerprint density at radius 2 is 2.05 bits per heavy atom. The van der Waals surface area contributed by atoms with Crippen LogP contribution in [0.1, 0.15) is 18.9 Å². The Kier molecular flexibility index (Phi) is 4.16. The molecule has 0 aliphatic rings. The third-order valence-corrected chi connectivity index (χ3v) is 3.02. The Morgan fingerprint density at radius 1 is 1.37 bits per heavy atom. The molecule has 2 aromatic rings. The molecule has 1 aromatic heterocycles. The maximum atomic E-state index is 11.2. The van der Waals surface area contributed by atoms with Crippen molar-refractivity contribution in [2.45, 2.75) is 13.0 Å². The van der Waals surface area contributed by atoms with Gasteiger partial charge in [0.2, 0.25) is 11.7 Å². The van der Waals surface area contributed by atoms with Crippen LogP contribution in [0.25, 0.3) is 11.4 Å². The summed E-state index contributed by atoms with van der Waals surface area (Å²) in [4.78, 5) is 15.5. The molecular formula is C12H13BrN4O2. The van der Waals surface area contributed by atoms with E-state index in [1.165, 1.54) is 0 Å². The van der Waals surface area contributed by atoms with Gasteiger partial charge in [0.25, 0.3) is 0 Å². The molecule has 2 amide bonds. The van der Waals surface area contributed by atoms with Gasteiger partial charge < -0.3 is 15.2 Å². The van der Waals surface area contributed by atoms with Crippen LogP contribution in [-0.2, 0) is 0 Å². The van der Waals surface area contributed by atoms with E-state index in [-0.39, 0.29) is 12.1 Å². The zero-order valence-corrected chi connectivity index (χ0v) is 12.1. The predicted molar refractivity (Wildman–Crippen MR) is 73.4 cm³/mol. The summed E-state index contributed by atoms with van der Waals surface area (Å²) >= 11 is 3.36. The van der Waals surface area contributed by atoms with Crippen molar-refractivity contribution >= 4 is 22.0 Å². The monoisotopic (exact) mass is 324 g/mol. The summed E-state index contributed by atoms with van der Waals surface area (Å²) in [6, 6.07) is 6.92. The highest BCUT2D eigenvalue weighted by Gasteiger charge is 2.16. The van der Waals surface area contributed by atoms with Crippen molar-refractivity contribution in [2.24, 2.45) is 0 Å². The summed E-state index contributed by atoms with van der Waals surface area (Å²) in [6.07, 6.45) is 0. The van der Waals surface area contributed by atoms with Crippen LogP contribution in [0.2, 0.25) is 0 Å². The summed E-state index contributed by atoms with van der Waals surface area (Å²) in [5, 5.41) is 9.03. The number of nitrogens with one attached hydrogen (secondary N) is 2. The van der Waals surface area contributed by atoms with Crippen LogP contribution >= 0.6 is 15.9 Å². The van der Waals surface area contributed by atoms with Gasteiger partial charge in [-0.2, -0.15) is 4.98 Å². The smallest absolute Gasteiger partial charge is 0.315 e. The number of aromatic nitrogens is 2. The quantitative estimate of drug-likeness (QED) is 0.909. The van der Waals surface area contributed by atoms with Gasteiger partial charge in [0.15, 0.2) is 0 Å². The number of carbonyl (C=O) groups excluding carboxylic acids is 1. The zero-order valence-electron chi connectivity index (χ0n) is 10.5. The summed E-state index contributed by atoms with van der Waals surface area (Å²) in [5.74, 6) is 0.856. The molecule has 0 saturated heterocycles. The predicted octanol–water partition coefficient (Wildman–Crippen LogP) is 2.49. The molecule has 0 radical (unpaired) electrons. The van der Waals surface area contributed by atoms with Gasteiger partial charge >= 0.3 is 6.03 Å². The third-order valence-electron chi connectivity index (χ3n) is 2.49. The average molecular weight is 325 g/mol. The van der Waals surface area contributed by atoms with Crippen molar-refractivity contribution in [2.75, 3.05) is 7.05 Å². The molecule has 2 N–H and O–H groups in total. The van der Waals surface area contributed by atoms with E-state index < -0.39 is 0 Å². The van der Waals surface area contributed by atoms with Crippen molar-refractivity contribution in [3.8, 4) is 11.4 Å². The van der Waals surface area contributed by atoms with E-state index in [1.807, 2.05) is 24.3 Å². The Balaban J connectivity index is 2.14. The number of rotatable bonds is 3. The molecule has 0 unspecified atom stereocenters. The molecule has 0 aliphatic heterocycles. The van der Waals surface area contributed by atoms with Gasteiger partial charge in [-0.3, -0.25) is 0 Å². The van der Waals surface area contributed by atoms with Crippen LogP contribution in [0.5, 0.6) is 0 Å². The lowest BCUT2D eigenvalue weighted by Gasteiger charge is -2.07. The second kappa shape index (κ2) is 5.83. The molecule has 19 heavy (non-hydrogen) atoms. The Labute approximate surface area is 118 Å². The fraction of sp³-hybridized carbons (Fsp3) is 0.250. The van der Waals surface area contributed by atoms with E-state index >= 15 is 0 Å². The average Bonchev–Trinajstić information content (AvgIpc) is 2.89. The molecule has 7 heteroatoms. The molecule has 1 atom stereocenters. The molecule has 1 heterocycles. The van der Waals surface area contributed by atoms with Crippen molar-refractivity contribution < 1.29 is 9.32 Å². The third kappa shape index (κ3) is 3.31. The molecular weight excluding hydrogens is 312 g/mol. The van der Waals surface area contributed by atoms with Crippen LogP contribution < -0.4 is 10.6 Å². The Bertz CT molecular complexity index is 567. The lowest BCUT2D eigenvalue weighted by Crippen LogP contribution is -2.34. The van der Waals surface area contributed by atoms with Crippen LogP contribution in [0.3, 0.4) is 0 Å². The number of hydrogen-bond donors (Lipinski definition) is 2. The van der Waals surface area contributed by atoms with Gasteiger partial charge in [-0.25, -0.2) is 4.79 Å². The lowest BCUT2D eigenvalue weighted by atomic mass is 10.2. The Hall–Kier alpha value is -1.89. The maximum absolute atomic E-state index is 11.2. The van der Waals surface area contributed by atoms with E-state index in [0.717, 1.165) is 10.0 Å². The second-order valence-corrected chi connectivity index (χ2v) is 4.82. The minimum Gasteiger partial charge on any atom is -0.341 e. The Morgan fingerprint density at radius 3 is 2.68 bits per heavy atom. The topological polar surface area (TPSA) is 80.0 Å². The van der Waals surface area contributed by atoms with Crippen molar-refractivity contribution in [3.05, 3.63) is 34.6 Å². The number of carbonyl (C=O) groups is 1. The van der Waals surface area contributed by atoms with Gasteiger partial charge in [0.1, 0.15) is 6.04 Å². The molecule has 2 rings (SSSR count). The zero-order chi connectivity index (χ0) is 13.8. The van der Waals surface area contributed by atoms with E-state index in [4.69, 9.17) is 4.52 Å². The van der Waals surface area contributed by atoms with Gasteiger partial charge in [0.05, 0.1) is 0 Å². The molecule has 0 bridgehead atoms. The fourth-order valence-corrected chi connectivity index (χ4v) is 1.72. The van der Waals surface area contributed by atoms with Crippen molar-refractivity contribution in [3.63, 3.8) is 0 Å². The van der Waals surface area contributed by atoms with E-state index in [2.05, 4.69) is 36.7 Å². The molecule has 6 nitrogen and oxygen atoms in total. The van der Waals surface area contributed by atoms with Gasteiger partial charge in [-0.15, -0.1) is 0 Å². The summed E-state index contributed by atoms with van der Waals surface area (Å²) < 4.78 is 6.12. The van der Waals surface area contributed by atoms with Gasteiger partial charge in [-0.1, -0.05) is 21.1 Å². The highest BCUT2D eigenvalue weighted by molar-refractivity contribution is 9.10. The highest BCUT2D eigenvalue weighted by atomic mass is 79.9. The molecule has 1 aromatic carbocycles. The summed E-state index contributed by atoms with van der Waals surface area (Å²) in [7, 11) is 1.54. The number of urea groups is 1. The first-order chi connectivity index (χ1) is 9.10. The minimum absolute atomic E-state index is 0.295. The first-order valence-electron chi connectivity index (χ1n) is 5.68. The highest BCUT2D eigenvalue weighted by Crippen LogP contribution is 2.20. The van der Waals surface area contributed by atoms with Crippen molar-refractivity contribution in [1.29, 1.82) is 0 Å². The molecule has 100 valence electrons. The van der Waals surface area contributed by atoms with E-state index in [0.29, 0.717) is 11.7 Å². The van der Waals surface area contributed by atoms with Crippen molar-refractivity contribution in [1.82, 2.24) is 20.8 Å². The number of benzene rings is 1. The number of halogens is 1. The number of amides is 2. The van der Waals surface area contributed by atoms with Crippen LogP contribution in [-0.4, -0.2) is 23.2 Å². The normalized spacial score (nSPS) is 11.9. The number of hydrogen-bond acceptors (Lipinski definition) is 4. The maximum Gasteiger partial charge on any atom is 0.315 e. The lowest BCUT2D eigenvalue weighted by molar-refractivity contribution is 0.236. The minimum atomic E-state index is -0.350. The number of nitrogens with zero attached hydrogens (tertiary/aromatic N) is 2. The molecule has 0 fully saturated rings. The first-order valence-corrected chi connectivity index (χ1v) is 6.47. The van der Waals surface area contributed by atoms with Gasteiger partial charge in [-0.05, 0) is 31.2 Å². The van der Waals surface area contributed by atoms with E-state index in [9.17, 15) is 4.79 Å². The molecule has 0 aliphatic carbocycles. The summed E-state index contributed by atoms with van der Waals surface area (Å²) in [5.41, 5.74) is 0.852. The SMILES string of the molecule is CNC(=O)N[C@H](C)c1nc(-c2ccc(Br)cc2)no1. The first kappa shape index (κ1) is 13.5. The standard InChI is InChI=1S/C12H13BrN4O2/c1-7(15-12(18)14-2)11-16-10(17-19-11)8-3-5-9(13)6-4-8/h3-7H,1-2H3,(H2,14,15,18)/t7-/m1/s1. The largest absolute Gasteiger partial charge is 0.341 e. The molecule has 0 spiro atoms. The van der Waals surface area contributed by atoms with Crippen LogP contribution in [0.15, 0.2) is 33.3 Å². The fourth-order valence-electron chi connectivity index (χ4n) is 1.46. The summed E-state index contributed by atoms with van der Waals surface area (Å²) in [6.45, 7) is 1.77. The van der Waals surface area contributed by atoms with E-state index in [1.54, 1.807) is 14.0 Å². The van der Waals surface area contributed by atoms with Crippen LogP contribution in [0, 0.1) is 0 Å². The van der Waals surface area contributed by atoms with Crippen LogP contribution in [0.4, 0.5) is 4.79 Å². The van der Waals surface area contributed by atoms with Gasteiger partial charge in [0, 0.05) is 17.1 Å². The molecule has 0 saturated carbocycles.